The Labute approximate surface area is 276 Å². The van der Waals surface area contributed by atoms with Gasteiger partial charge in [-0.25, -0.2) is 18.9 Å². The second kappa shape index (κ2) is 13.1. The van der Waals surface area contributed by atoms with E-state index in [9.17, 15) is 9.18 Å². The summed E-state index contributed by atoms with van der Waals surface area (Å²) in [6, 6.07) is 7.26. The van der Waals surface area contributed by atoms with E-state index < -0.39 is 11.4 Å². The average Bonchev–Trinajstić information content (AvgIpc) is 3.67. The first-order valence-corrected chi connectivity index (χ1v) is 16.5. The molecule has 14 heteroatoms. The van der Waals surface area contributed by atoms with Crippen LogP contribution in [-0.2, 0) is 0 Å². The van der Waals surface area contributed by atoms with Crippen molar-refractivity contribution in [2.24, 2.45) is 0 Å². The van der Waals surface area contributed by atoms with Crippen molar-refractivity contribution >= 4 is 39.9 Å². The van der Waals surface area contributed by atoms with E-state index in [1.54, 1.807) is 6.20 Å². The lowest BCUT2D eigenvalue weighted by molar-refractivity contribution is 0.0727. The highest BCUT2D eigenvalue weighted by atomic mass is 35.5. The van der Waals surface area contributed by atoms with Gasteiger partial charge in [-0.1, -0.05) is 18.5 Å². The topological polar surface area (TPSA) is 120 Å². The third-order valence-corrected chi connectivity index (χ3v) is 9.64. The number of nitrogens with zero attached hydrogens (tertiary/aromatic N) is 8. The number of carbonyl (C=O) groups is 1. The molecule has 0 radical (unpaired) electrons. The van der Waals surface area contributed by atoms with Crippen molar-refractivity contribution < 1.29 is 13.9 Å². The molecular formula is C33H38ClFN10O2. The van der Waals surface area contributed by atoms with Gasteiger partial charge in [-0.15, -0.1) is 5.10 Å². The molecule has 0 saturated carbocycles. The van der Waals surface area contributed by atoms with E-state index in [1.807, 2.05) is 36.0 Å². The summed E-state index contributed by atoms with van der Waals surface area (Å²) in [5.74, 6) is 0.630. The van der Waals surface area contributed by atoms with Crippen LogP contribution in [0.5, 0.6) is 5.75 Å². The molecule has 2 aliphatic heterocycles. The Hall–Kier alpha value is -4.33. The third-order valence-electron chi connectivity index (χ3n) is 9.36. The van der Waals surface area contributed by atoms with E-state index in [1.165, 1.54) is 0 Å². The minimum atomic E-state index is -0.576. The summed E-state index contributed by atoms with van der Waals surface area (Å²) in [6.45, 7) is 11.7. The molecule has 246 valence electrons. The predicted octanol–water partition coefficient (Wildman–Crippen LogP) is 4.27. The molecule has 0 atom stereocenters. The second-order valence-electron chi connectivity index (χ2n) is 12.3. The number of carbonyl (C=O) groups excluding carboxylic acids is 1. The number of fused-ring (bicyclic) bond motifs is 3. The van der Waals surface area contributed by atoms with Crippen LogP contribution in [-0.4, -0.2) is 110 Å². The Morgan fingerprint density at radius 2 is 1.83 bits per heavy atom. The van der Waals surface area contributed by atoms with Crippen molar-refractivity contribution in [2.75, 3.05) is 63.9 Å². The Morgan fingerprint density at radius 3 is 2.53 bits per heavy atom. The third kappa shape index (κ3) is 6.34. The molecule has 2 aliphatic rings. The smallest absolute Gasteiger partial charge is 0.271 e. The number of rotatable bonds is 9. The van der Waals surface area contributed by atoms with E-state index in [0.717, 1.165) is 85.1 Å². The number of pyridine rings is 3. The fourth-order valence-electron chi connectivity index (χ4n) is 6.80. The van der Waals surface area contributed by atoms with Crippen LogP contribution in [0.3, 0.4) is 0 Å². The summed E-state index contributed by atoms with van der Waals surface area (Å²) in [4.78, 5) is 29.5. The maximum absolute atomic E-state index is 13.7. The van der Waals surface area contributed by atoms with Gasteiger partial charge in [0.1, 0.15) is 23.1 Å². The molecule has 0 aliphatic carbocycles. The molecule has 0 unspecified atom stereocenters. The SMILES string of the molecule is CCOc1cc(-c2ccc(N3CCC(CN4CCN(CC)CC4)(NC(=O)c4ncc(F)cc4Cl)CC3)nc2)c2c3cn[nH]c3nn2c1. The first-order valence-electron chi connectivity index (χ1n) is 16.1. The lowest BCUT2D eigenvalue weighted by atomic mass is 9.86. The van der Waals surface area contributed by atoms with Crippen molar-refractivity contribution in [1.82, 2.24) is 44.9 Å². The van der Waals surface area contributed by atoms with Gasteiger partial charge in [-0.05, 0) is 50.6 Å². The number of anilines is 1. The number of hydrogen-bond donors (Lipinski definition) is 2. The molecule has 5 aromatic rings. The number of nitrogens with one attached hydrogen (secondary N) is 2. The van der Waals surface area contributed by atoms with Gasteiger partial charge in [0.15, 0.2) is 5.65 Å². The molecule has 7 rings (SSSR count). The van der Waals surface area contributed by atoms with Crippen LogP contribution in [0.25, 0.3) is 27.7 Å². The molecule has 0 spiro atoms. The van der Waals surface area contributed by atoms with E-state index in [2.05, 4.69) is 53.3 Å². The number of H-pyrrole nitrogens is 1. The molecule has 1 amide bonds. The van der Waals surface area contributed by atoms with Crippen LogP contribution in [0.4, 0.5) is 10.2 Å². The van der Waals surface area contributed by atoms with Gasteiger partial charge < -0.3 is 19.9 Å². The summed E-state index contributed by atoms with van der Waals surface area (Å²) >= 11 is 6.23. The lowest BCUT2D eigenvalue weighted by Crippen LogP contribution is -2.62. The van der Waals surface area contributed by atoms with E-state index in [0.29, 0.717) is 38.2 Å². The zero-order valence-electron chi connectivity index (χ0n) is 26.5. The van der Waals surface area contributed by atoms with Crippen LogP contribution in [0.1, 0.15) is 37.2 Å². The van der Waals surface area contributed by atoms with Gasteiger partial charge in [0.2, 0.25) is 0 Å². The quantitative estimate of drug-likeness (QED) is 0.239. The van der Waals surface area contributed by atoms with Crippen molar-refractivity contribution in [3.63, 3.8) is 0 Å². The summed E-state index contributed by atoms with van der Waals surface area (Å²) < 4.78 is 21.3. The molecule has 2 saturated heterocycles. The Morgan fingerprint density at radius 1 is 1.04 bits per heavy atom. The van der Waals surface area contributed by atoms with Crippen LogP contribution >= 0.6 is 11.6 Å². The molecule has 7 heterocycles. The van der Waals surface area contributed by atoms with E-state index >= 15 is 0 Å². The molecule has 5 aromatic heterocycles. The Balaban J connectivity index is 1.11. The van der Waals surface area contributed by atoms with Gasteiger partial charge in [0.25, 0.3) is 5.91 Å². The van der Waals surface area contributed by atoms with Gasteiger partial charge in [0, 0.05) is 63.1 Å². The van der Waals surface area contributed by atoms with E-state index in [-0.39, 0.29) is 16.6 Å². The summed E-state index contributed by atoms with van der Waals surface area (Å²) in [5, 5.41) is 16.0. The van der Waals surface area contributed by atoms with Crippen molar-refractivity contribution in [3.8, 4) is 16.9 Å². The maximum Gasteiger partial charge on any atom is 0.271 e. The number of halogens is 2. The maximum atomic E-state index is 13.7. The van der Waals surface area contributed by atoms with Crippen molar-refractivity contribution in [3.05, 3.63) is 65.6 Å². The highest BCUT2D eigenvalue weighted by molar-refractivity contribution is 6.33. The van der Waals surface area contributed by atoms with Crippen molar-refractivity contribution in [2.45, 2.75) is 32.2 Å². The van der Waals surface area contributed by atoms with Gasteiger partial charge in [0.05, 0.1) is 46.7 Å². The molecule has 0 bridgehead atoms. The number of likely N-dealkylation sites (N-methyl/N-ethyl adjacent to an activating group) is 1. The van der Waals surface area contributed by atoms with E-state index in [4.69, 9.17) is 21.3 Å². The normalized spacial score (nSPS) is 17.4. The van der Waals surface area contributed by atoms with Crippen LogP contribution < -0.4 is 15.0 Å². The minimum absolute atomic E-state index is 0.00411. The first kappa shape index (κ1) is 31.3. The average molecular weight is 661 g/mol. The number of amides is 1. The minimum Gasteiger partial charge on any atom is -0.492 e. The molecular weight excluding hydrogens is 623 g/mol. The van der Waals surface area contributed by atoms with Crippen LogP contribution in [0.2, 0.25) is 5.02 Å². The molecule has 12 nitrogen and oxygen atoms in total. The molecule has 47 heavy (non-hydrogen) atoms. The lowest BCUT2D eigenvalue weighted by Gasteiger charge is -2.46. The van der Waals surface area contributed by atoms with Crippen LogP contribution in [0, 0.1) is 5.82 Å². The first-order chi connectivity index (χ1) is 22.8. The van der Waals surface area contributed by atoms with Gasteiger partial charge in [-0.3, -0.25) is 14.8 Å². The Kier molecular flexibility index (Phi) is 8.69. The zero-order valence-corrected chi connectivity index (χ0v) is 27.3. The fourth-order valence-corrected chi connectivity index (χ4v) is 7.04. The standard InChI is InChI=1S/C33H38ClFN10O2/c1-3-42-11-13-43(14-12-42)21-33(39-32(46)29-27(34)15-23(35)18-37-29)7-9-44(10-8-33)28-6-5-22(17-36-28)25-16-24(47-4-2)20-45-30(25)26-19-38-40-31(26)41-45/h5-6,15-20H,3-4,7-14,21H2,1-2H3,(H,39,46)(H,40,41). The number of piperazine rings is 1. The number of ether oxygens (including phenoxy) is 1. The summed E-state index contributed by atoms with van der Waals surface area (Å²) in [5.41, 5.74) is 3.08. The molecule has 2 N–H and O–H groups in total. The zero-order chi connectivity index (χ0) is 32.5. The summed E-state index contributed by atoms with van der Waals surface area (Å²) in [7, 11) is 0. The number of piperidine rings is 1. The van der Waals surface area contributed by atoms with Crippen molar-refractivity contribution in [1.29, 1.82) is 0 Å². The van der Waals surface area contributed by atoms with Gasteiger partial charge in [-0.2, -0.15) is 5.10 Å². The number of hydrogen-bond acceptors (Lipinski definition) is 9. The molecule has 2 fully saturated rings. The largest absolute Gasteiger partial charge is 0.492 e. The second-order valence-corrected chi connectivity index (χ2v) is 12.7. The Bertz CT molecular complexity index is 1880. The highest BCUT2D eigenvalue weighted by Crippen LogP contribution is 2.34. The predicted molar refractivity (Wildman–Crippen MR) is 179 cm³/mol. The number of aromatic nitrogens is 6. The summed E-state index contributed by atoms with van der Waals surface area (Å²) in [6.07, 6.45) is 7.99. The number of aromatic amines is 1. The van der Waals surface area contributed by atoms with Crippen LogP contribution in [0.15, 0.2) is 49.1 Å². The fraction of sp³-hybridized carbons (Fsp3) is 0.424. The highest BCUT2D eigenvalue weighted by Gasteiger charge is 2.39. The molecule has 0 aromatic carbocycles. The monoisotopic (exact) mass is 660 g/mol. The van der Waals surface area contributed by atoms with Gasteiger partial charge >= 0.3 is 0 Å².